The van der Waals surface area contributed by atoms with Crippen LogP contribution in [0.1, 0.15) is 24.9 Å². The third-order valence-corrected chi connectivity index (χ3v) is 4.78. The first kappa shape index (κ1) is 17.1. The maximum absolute atomic E-state index is 14.5. The van der Waals surface area contributed by atoms with Gasteiger partial charge in [-0.25, -0.2) is 8.78 Å². The summed E-state index contributed by atoms with van der Waals surface area (Å²) in [6.45, 7) is 2.60. The van der Waals surface area contributed by atoms with Crippen LogP contribution < -0.4 is 9.55 Å². The van der Waals surface area contributed by atoms with E-state index >= 15 is 0 Å². The molecular formula is C18H19ClF2N2O. The fourth-order valence-corrected chi connectivity index (χ4v) is 3.70. The highest BCUT2D eigenvalue weighted by Crippen LogP contribution is 2.48. The molecule has 0 spiro atoms. The molecule has 24 heavy (non-hydrogen) atoms. The lowest BCUT2D eigenvalue weighted by Gasteiger charge is -2.45. The van der Waals surface area contributed by atoms with Crippen LogP contribution in [0.5, 0.6) is 0 Å². The molecule has 1 aliphatic rings. The molecule has 0 N–H and O–H groups in total. The number of hydroxylamine groups is 2. The van der Waals surface area contributed by atoms with Crippen molar-refractivity contribution < 1.29 is 8.78 Å². The van der Waals surface area contributed by atoms with Gasteiger partial charge in [-0.05, 0) is 31.2 Å². The fraction of sp³-hybridized carbons (Fsp3) is 0.333. The molecular weight excluding hydrogens is 334 g/mol. The molecule has 0 fully saturated rings. The van der Waals surface area contributed by atoms with Crippen molar-refractivity contribution in [3.05, 3.63) is 64.9 Å². The predicted molar refractivity (Wildman–Crippen MR) is 93.9 cm³/mol. The average molecular weight is 353 g/mol. The maximum atomic E-state index is 14.5. The van der Waals surface area contributed by atoms with Gasteiger partial charge in [-0.3, -0.25) is 0 Å². The highest BCUT2D eigenvalue weighted by Gasteiger charge is 2.44. The lowest BCUT2D eigenvalue weighted by atomic mass is 10.0. The van der Waals surface area contributed by atoms with Crippen molar-refractivity contribution in [3.63, 3.8) is 0 Å². The van der Waals surface area contributed by atoms with E-state index in [-0.39, 0.29) is 18.2 Å². The molecule has 2 aromatic rings. The van der Waals surface area contributed by atoms with Gasteiger partial charge < -0.3 is 14.8 Å². The summed E-state index contributed by atoms with van der Waals surface area (Å²) in [6, 6.07) is 9.92. The number of benzene rings is 2. The first-order chi connectivity index (χ1) is 11.5. The zero-order chi connectivity index (χ0) is 17.3. The van der Waals surface area contributed by atoms with Gasteiger partial charge in [0.05, 0.1) is 0 Å². The molecule has 0 aliphatic carbocycles. The monoisotopic (exact) mass is 352 g/mol. The normalized spacial score (nSPS) is 21.0. The van der Waals surface area contributed by atoms with Crippen molar-refractivity contribution in [2.75, 3.05) is 24.0 Å². The number of nitrogens with zero attached hydrogens (tertiary/aromatic N) is 2. The first-order valence-electron chi connectivity index (χ1n) is 7.95. The lowest BCUT2D eigenvalue weighted by molar-refractivity contribution is 0.282. The van der Waals surface area contributed by atoms with Crippen molar-refractivity contribution in [1.82, 2.24) is 4.65 Å². The number of halogens is 3. The second kappa shape index (κ2) is 6.67. The minimum absolute atomic E-state index is 0.0881. The van der Waals surface area contributed by atoms with E-state index in [0.29, 0.717) is 24.2 Å². The summed E-state index contributed by atoms with van der Waals surface area (Å²) >= 11 is 5.91. The third kappa shape index (κ3) is 2.77. The Balaban J connectivity index is 2.15. The Morgan fingerprint density at radius 2 is 2.00 bits per heavy atom. The van der Waals surface area contributed by atoms with Crippen molar-refractivity contribution in [3.8, 4) is 0 Å². The molecule has 3 nitrogen and oxygen atoms in total. The number of quaternary nitrogens is 1. The van der Waals surface area contributed by atoms with Gasteiger partial charge in [-0.1, -0.05) is 18.2 Å². The number of hydrogen-bond acceptors (Lipinski definition) is 2. The molecule has 3 rings (SSSR count). The van der Waals surface area contributed by atoms with Gasteiger partial charge in [0.15, 0.2) is 18.2 Å². The van der Waals surface area contributed by atoms with Crippen LogP contribution >= 0.6 is 11.6 Å². The number of fused-ring (bicyclic) bond motifs is 1. The van der Waals surface area contributed by atoms with Crippen LogP contribution in [0, 0.1) is 16.8 Å². The molecule has 1 heterocycles. The Labute approximate surface area is 145 Å². The number of hydrogen-bond donors (Lipinski definition) is 0. The van der Waals surface area contributed by atoms with E-state index in [2.05, 4.69) is 0 Å². The van der Waals surface area contributed by atoms with Gasteiger partial charge in [-0.2, -0.15) is 0 Å². The molecule has 0 bridgehead atoms. The summed E-state index contributed by atoms with van der Waals surface area (Å²) in [6.07, 6.45) is 0.333. The molecule has 0 saturated carbocycles. The van der Waals surface area contributed by atoms with Crippen LogP contribution in [0.3, 0.4) is 0 Å². The number of anilines is 1. The van der Waals surface area contributed by atoms with E-state index < -0.39 is 22.3 Å². The minimum atomic E-state index is -0.883. The van der Waals surface area contributed by atoms with Crippen molar-refractivity contribution in [1.29, 1.82) is 0 Å². The summed E-state index contributed by atoms with van der Waals surface area (Å²) in [5.74, 6) is -0.715. The van der Waals surface area contributed by atoms with Crippen molar-refractivity contribution >= 4 is 23.0 Å². The van der Waals surface area contributed by atoms with E-state index in [0.717, 1.165) is 0 Å². The van der Waals surface area contributed by atoms with Gasteiger partial charge in [-0.15, -0.1) is 11.6 Å². The van der Waals surface area contributed by atoms with E-state index in [1.807, 2.05) is 11.8 Å². The number of para-hydroxylation sites is 1. The zero-order valence-electron chi connectivity index (χ0n) is 13.4. The second-order valence-electron chi connectivity index (χ2n) is 5.95. The molecule has 0 radical (unpaired) electrons. The van der Waals surface area contributed by atoms with Gasteiger partial charge in [0.25, 0.3) is 0 Å². The van der Waals surface area contributed by atoms with Gasteiger partial charge in [0.1, 0.15) is 17.5 Å². The van der Waals surface area contributed by atoms with Crippen LogP contribution in [0.15, 0.2) is 42.5 Å². The van der Waals surface area contributed by atoms with Crippen LogP contribution in [-0.4, -0.2) is 19.1 Å². The van der Waals surface area contributed by atoms with E-state index in [9.17, 15) is 14.0 Å². The van der Waals surface area contributed by atoms with Gasteiger partial charge >= 0.3 is 0 Å². The number of rotatable bonds is 5. The third-order valence-electron chi connectivity index (χ3n) is 4.57. The Morgan fingerprint density at radius 3 is 2.67 bits per heavy atom. The average Bonchev–Trinajstić information content (AvgIpc) is 2.87. The van der Waals surface area contributed by atoms with Crippen LogP contribution in [-0.2, 0) is 0 Å². The summed E-state index contributed by atoms with van der Waals surface area (Å²) < 4.78 is 27.3. The summed E-state index contributed by atoms with van der Waals surface area (Å²) in [5, 5.41) is 13.8. The standard InChI is InChI=1S/C18H19ClF2N2O/c1-2-22-12-23(24,18-15(21)7-4-8-16(18)22)17(9-10-19)13-5-3-6-14(20)11-13/h3-8,11,17H,2,9-10,12H2,1H3/t17-,23?/m1/s1. The molecule has 0 aromatic heterocycles. The lowest BCUT2D eigenvalue weighted by Crippen LogP contribution is -2.49. The second-order valence-corrected chi connectivity index (χ2v) is 6.33. The minimum Gasteiger partial charge on any atom is -0.625 e. The Kier molecular flexibility index (Phi) is 4.76. The molecule has 1 unspecified atom stereocenters. The summed E-state index contributed by atoms with van der Waals surface area (Å²) in [5.41, 5.74) is 1.25. The zero-order valence-corrected chi connectivity index (χ0v) is 14.1. The molecule has 2 aromatic carbocycles. The first-order valence-corrected chi connectivity index (χ1v) is 8.49. The Morgan fingerprint density at radius 1 is 1.25 bits per heavy atom. The Bertz CT molecular complexity index is 743. The smallest absolute Gasteiger partial charge is 0.194 e. The van der Waals surface area contributed by atoms with E-state index in [4.69, 9.17) is 11.6 Å². The largest absolute Gasteiger partial charge is 0.625 e. The Hall–Kier alpha value is -1.69. The van der Waals surface area contributed by atoms with E-state index in [1.165, 1.54) is 18.2 Å². The highest BCUT2D eigenvalue weighted by atomic mass is 35.5. The predicted octanol–water partition coefficient (Wildman–Crippen LogP) is 4.94. The van der Waals surface area contributed by atoms with Crippen LogP contribution in [0.4, 0.5) is 20.2 Å². The molecule has 2 atom stereocenters. The summed E-state index contributed by atoms with van der Waals surface area (Å²) in [4.78, 5) is 1.85. The van der Waals surface area contributed by atoms with E-state index in [1.54, 1.807) is 24.3 Å². The van der Waals surface area contributed by atoms with Crippen molar-refractivity contribution in [2.24, 2.45) is 0 Å². The highest BCUT2D eigenvalue weighted by molar-refractivity contribution is 6.17. The SMILES string of the molecule is CCN1C[N+]([O-])([C@H](CCCl)c2cccc(F)c2)c2c(F)cccc21. The topological polar surface area (TPSA) is 26.3 Å². The quantitative estimate of drug-likeness (QED) is 0.433. The van der Waals surface area contributed by atoms with Crippen molar-refractivity contribution in [2.45, 2.75) is 19.4 Å². The molecule has 0 saturated heterocycles. The molecule has 6 heteroatoms. The molecule has 128 valence electrons. The number of alkyl halides is 1. The summed E-state index contributed by atoms with van der Waals surface area (Å²) in [7, 11) is 0. The van der Waals surface area contributed by atoms with Gasteiger partial charge in [0, 0.05) is 24.4 Å². The maximum Gasteiger partial charge on any atom is 0.194 e. The fourth-order valence-electron chi connectivity index (χ4n) is 3.49. The molecule has 1 aliphatic heterocycles. The van der Waals surface area contributed by atoms with Gasteiger partial charge in [0.2, 0.25) is 0 Å². The van der Waals surface area contributed by atoms with Crippen LogP contribution in [0.25, 0.3) is 0 Å². The van der Waals surface area contributed by atoms with Crippen LogP contribution in [0.2, 0.25) is 0 Å². The molecule has 0 amide bonds.